The topological polar surface area (TPSA) is 51.2 Å². The zero-order valence-electron chi connectivity index (χ0n) is 28.9. The first-order valence-corrected chi connectivity index (χ1v) is 19.9. The predicted molar refractivity (Wildman–Crippen MR) is 190 cm³/mol. The molecule has 0 aromatic carbocycles. The van der Waals surface area contributed by atoms with Gasteiger partial charge in [0.1, 0.15) is 5.78 Å². The Morgan fingerprint density at radius 3 is 1.10 bits per heavy atom. The minimum Gasteiger partial charge on any atom is -0.300 e. The fourth-order valence-corrected chi connectivity index (χ4v) is 7.35. The lowest BCUT2D eigenvalue weighted by Gasteiger charge is -2.22. The lowest BCUT2D eigenvalue weighted by Crippen LogP contribution is -2.21. The average Bonchev–Trinajstić information content (AvgIpc) is 2.95. The Bertz CT molecular complexity index is 630. The number of Topliss-reactive ketones (excluding diaryl/α,β-unsaturated/α-hetero) is 1. The van der Waals surface area contributed by atoms with Crippen LogP contribution in [0.4, 0.5) is 0 Å². The summed E-state index contributed by atoms with van der Waals surface area (Å²) in [5.41, 5.74) is -0.533. The molecule has 42 heavy (non-hydrogen) atoms. The highest BCUT2D eigenvalue weighted by Crippen LogP contribution is 2.32. The first kappa shape index (κ1) is 41.7. The van der Waals surface area contributed by atoms with Crippen LogP contribution in [0.15, 0.2) is 0 Å². The zero-order valence-corrected chi connectivity index (χ0v) is 30.6. The molecule has 0 aromatic rings. The third-order valence-electron chi connectivity index (χ3n) is 8.58. The molecule has 0 unspecified atom stereocenters. The molecule has 0 amide bonds. The Hall–Kier alpha value is -0.290. The van der Waals surface area contributed by atoms with Crippen molar-refractivity contribution in [2.75, 3.05) is 11.5 Å². The van der Waals surface area contributed by atoms with E-state index in [1.165, 1.54) is 101 Å². The van der Waals surface area contributed by atoms with Crippen LogP contribution in [-0.4, -0.2) is 27.5 Å². The normalized spacial score (nSPS) is 12.1. The zero-order chi connectivity index (χ0) is 31.5. The highest BCUT2D eigenvalue weighted by atomic mass is 32.2. The summed E-state index contributed by atoms with van der Waals surface area (Å²) in [7, 11) is 0. The Labute approximate surface area is 271 Å². The highest BCUT2D eigenvalue weighted by Gasteiger charge is 2.28. The molecule has 0 radical (unpaired) electrons. The number of carbonyl (C=O) groups is 3. The third-order valence-corrected chi connectivity index (χ3v) is 11.2. The van der Waals surface area contributed by atoms with E-state index in [-0.39, 0.29) is 10.8 Å². The van der Waals surface area contributed by atoms with Crippen LogP contribution in [-0.2, 0) is 14.4 Å². The number of ketones is 1. The van der Waals surface area contributed by atoms with Crippen molar-refractivity contribution in [3.63, 3.8) is 0 Å². The minimum atomic E-state index is -0.267. The summed E-state index contributed by atoms with van der Waals surface area (Å²) in [6.07, 6.45) is 27.1. The molecule has 0 spiro atoms. The number of thioether (sulfide) groups is 2. The number of rotatable bonds is 30. The van der Waals surface area contributed by atoms with E-state index in [2.05, 4.69) is 41.5 Å². The molecular formula is C37H70O3S2. The standard InChI is InChI=1S/C37H70O3S2/c1-7-9-11-13-15-17-25-31-41-34(39)36(3,4)29-23-19-21-27-33(38)28-22-20-24-30-37(5,6)35(40)42-32-26-18-16-14-12-10-8-2/h7-32H2,1-6H3. The van der Waals surface area contributed by atoms with Crippen LogP contribution in [0.25, 0.3) is 0 Å². The van der Waals surface area contributed by atoms with Crippen LogP contribution in [0.3, 0.4) is 0 Å². The maximum Gasteiger partial charge on any atom is 0.194 e. The number of hydrogen-bond acceptors (Lipinski definition) is 5. The summed E-state index contributed by atoms with van der Waals surface area (Å²) < 4.78 is 0. The molecule has 0 atom stereocenters. The van der Waals surface area contributed by atoms with Crippen LogP contribution >= 0.6 is 23.5 Å². The molecule has 0 fully saturated rings. The van der Waals surface area contributed by atoms with Gasteiger partial charge in [0, 0.05) is 35.2 Å². The smallest absolute Gasteiger partial charge is 0.194 e. The Kier molecular flexibility index (Phi) is 26.9. The Morgan fingerprint density at radius 2 is 0.738 bits per heavy atom. The Morgan fingerprint density at radius 1 is 0.429 bits per heavy atom. The average molecular weight is 627 g/mol. The first-order chi connectivity index (χ1) is 20.1. The van der Waals surface area contributed by atoms with E-state index in [1.54, 1.807) is 0 Å². The van der Waals surface area contributed by atoms with E-state index in [9.17, 15) is 14.4 Å². The van der Waals surface area contributed by atoms with Crippen molar-refractivity contribution in [2.45, 2.75) is 196 Å². The van der Waals surface area contributed by atoms with Crippen LogP contribution in [0, 0.1) is 10.8 Å². The van der Waals surface area contributed by atoms with Gasteiger partial charge in [0.25, 0.3) is 0 Å². The highest BCUT2D eigenvalue weighted by molar-refractivity contribution is 8.14. The second-order valence-electron chi connectivity index (χ2n) is 13.9. The van der Waals surface area contributed by atoms with Gasteiger partial charge in [-0.1, -0.05) is 168 Å². The van der Waals surface area contributed by atoms with Gasteiger partial charge < -0.3 is 0 Å². The first-order valence-electron chi connectivity index (χ1n) is 17.9. The van der Waals surface area contributed by atoms with Crippen LogP contribution in [0.1, 0.15) is 196 Å². The molecule has 3 nitrogen and oxygen atoms in total. The van der Waals surface area contributed by atoms with Gasteiger partial charge in [-0.2, -0.15) is 0 Å². The van der Waals surface area contributed by atoms with E-state index in [0.717, 1.165) is 75.7 Å². The van der Waals surface area contributed by atoms with Crippen molar-refractivity contribution >= 4 is 39.5 Å². The fraction of sp³-hybridized carbons (Fsp3) is 0.919. The lowest BCUT2D eigenvalue weighted by molar-refractivity contribution is -0.120. The van der Waals surface area contributed by atoms with Crippen molar-refractivity contribution < 1.29 is 14.4 Å². The van der Waals surface area contributed by atoms with Crippen molar-refractivity contribution in [2.24, 2.45) is 10.8 Å². The molecule has 248 valence electrons. The number of hydrogen-bond donors (Lipinski definition) is 0. The Balaban J connectivity index is 3.80. The minimum absolute atomic E-state index is 0.267. The predicted octanol–water partition coefficient (Wildman–Crippen LogP) is 12.5. The molecule has 0 saturated carbocycles. The second-order valence-corrected chi connectivity index (χ2v) is 16.1. The van der Waals surface area contributed by atoms with Crippen molar-refractivity contribution in [1.82, 2.24) is 0 Å². The van der Waals surface area contributed by atoms with Gasteiger partial charge in [0.2, 0.25) is 0 Å². The van der Waals surface area contributed by atoms with Crippen LogP contribution in [0.5, 0.6) is 0 Å². The maximum absolute atomic E-state index is 12.7. The molecule has 0 N–H and O–H groups in total. The van der Waals surface area contributed by atoms with Crippen molar-refractivity contribution in [1.29, 1.82) is 0 Å². The quantitative estimate of drug-likeness (QED) is 0.0742. The van der Waals surface area contributed by atoms with Gasteiger partial charge in [-0.05, 0) is 38.5 Å². The molecule has 0 heterocycles. The summed E-state index contributed by atoms with van der Waals surface area (Å²) in [6.45, 7) is 12.8. The third kappa shape index (κ3) is 24.1. The van der Waals surface area contributed by atoms with E-state index in [4.69, 9.17) is 0 Å². The molecule has 5 heteroatoms. The molecule has 0 aromatic heterocycles. The SMILES string of the molecule is CCCCCCCCCSC(=O)C(C)(C)CCCCCC(=O)CCCCCC(C)(C)C(=O)SCCCCCCCCC. The monoisotopic (exact) mass is 626 g/mol. The van der Waals surface area contributed by atoms with Crippen molar-refractivity contribution in [3.8, 4) is 0 Å². The summed E-state index contributed by atoms with van der Waals surface area (Å²) in [5, 5.41) is 0.669. The van der Waals surface area contributed by atoms with Crippen molar-refractivity contribution in [3.05, 3.63) is 0 Å². The molecule has 0 bridgehead atoms. The number of carbonyl (C=O) groups excluding carboxylic acids is 3. The van der Waals surface area contributed by atoms with E-state index >= 15 is 0 Å². The maximum atomic E-state index is 12.7. The van der Waals surface area contributed by atoms with Gasteiger partial charge in [-0.15, -0.1) is 0 Å². The van der Waals surface area contributed by atoms with Gasteiger partial charge in [-0.25, -0.2) is 0 Å². The van der Waals surface area contributed by atoms with Gasteiger partial charge in [-0.3, -0.25) is 14.4 Å². The van der Waals surface area contributed by atoms with Gasteiger partial charge in [0.15, 0.2) is 10.2 Å². The summed E-state index contributed by atoms with van der Waals surface area (Å²) in [6, 6.07) is 0. The van der Waals surface area contributed by atoms with Gasteiger partial charge >= 0.3 is 0 Å². The van der Waals surface area contributed by atoms with E-state index < -0.39 is 0 Å². The van der Waals surface area contributed by atoms with Crippen LogP contribution in [0.2, 0.25) is 0 Å². The largest absolute Gasteiger partial charge is 0.300 e. The molecule has 0 saturated heterocycles. The number of unbranched alkanes of at least 4 members (excludes halogenated alkanes) is 16. The fourth-order valence-electron chi connectivity index (χ4n) is 5.30. The molecule has 0 aliphatic rings. The summed E-state index contributed by atoms with van der Waals surface area (Å²) in [5.74, 6) is 2.28. The van der Waals surface area contributed by atoms with E-state index in [0.29, 0.717) is 28.9 Å². The molecule has 0 rings (SSSR count). The van der Waals surface area contributed by atoms with Crippen LogP contribution < -0.4 is 0 Å². The lowest BCUT2D eigenvalue weighted by atomic mass is 9.88. The molecule has 0 aliphatic carbocycles. The summed E-state index contributed by atoms with van der Waals surface area (Å²) in [4.78, 5) is 37.7. The molecule has 0 aliphatic heterocycles. The molecular weight excluding hydrogens is 557 g/mol. The van der Waals surface area contributed by atoms with Gasteiger partial charge in [0.05, 0.1) is 0 Å². The van der Waals surface area contributed by atoms with E-state index in [1.807, 2.05) is 0 Å². The second kappa shape index (κ2) is 27.1. The summed E-state index contributed by atoms with van der Waals surface area (Å²) >= 11 is 3.06.